The number of halogens is 5. The molecule has 0 aromatic heterocycles. The summed E-state index contributed by atoms with van der Waals surface area (Å²) >= 11 is 3.06. The summed E-state index contributed by atoms with van der Waals surface area (Å²) in [5.41, 5.74) is -1.86. The molecule has 10 heteroatoms. The average Bonchev–Trinajstić information content (AvgIpc) is 2.67. The van der Waals surface area contributed by atoms with Crippen LogP contribution in [0.3, 0.4) is 0 Å². The van der Waals surface area contributed by atoms with Crippen molar-refractivity contribution in [1.82, 2.24) is 10.2 Å². The van der Waals surface area contributed by atoms with E-state index in [0.717, 1.165) is 18.2 Å². The van der Waals surface area contributed by atoms with Gasteiger partial charge in [-0.1, -0.05) is 15.9 Å². The quantitative estimate of drug-likeness (QED) is 0.664. The van der Waals surface area contributed by atoms with Crippen molar-refractivity contribution in [1.29, 1.82) is 0 Å². The van der Waals surface area contributed by atoms with Gasteiger partial charge in [0.1, 0.15) is 5.82 Å². The van der Waals surface area contributed by atoms with Crippen molar-refractivity contribution >= 4 is 33.4 Å². The van der Waals surface area contributed by atoms with Crippen LogP contribution in [0.4, 0.5) is 23.2 Å². The topological polar surface area (TPSA) is 61.4 Å². The highest BCUT2D eigenvalue weighted by Gasteiger charge is 2.32. The first-order valence-electron chi connectivity index (χ1n) is 8.64. The van der Waals surface area contributed by atoms with Gasteiger partial charge in [0, 0.05) is 41.9 Å². The second kappa shape index (κ2) is 8.50. The third kappa shape index (κ3) is 5.13. The summed E-state index contributed by atoms with van der Waals surface area (Å²) in [5.74, 6) is -2.32. The van der Waals surface area contributed by atoms with Crippen LogP contribution in [0.15, 0.2) is 40.9 Å². The third-order valence-electron chi connectivity index (χ3n) is 4.35. The van der Waals surface area contributed by atoms with Gasteiger partial charge >= 0.3 is 6.18 Å². The number of anilines is 1. The van der Waals surface area contributed by atoms with E-state index < -0.39 is 29.4 Å². The summed E-state index contributed by atoms with van der Waals surface area (Å²) in [6.45, 7) is 1.80. The first-order valence-corrected chi connectivity index (χ1v) is 9.43. The monoisotopic (exact) mass is 473 g/mol. The van der Waals surface area contributed by atoms with E-state index in [4.69, 9.17) is 0 Å². The summed E-state index contributed by atoms with van der Waals surface area (Å²) in [7, 11) is 0. The SMILES string of the molecule is O=C(Nc1cc(C(=O)N2CCNCC2)cc(C(F)(F)F)c1)c1ccc(Br)cc1F. The molecular formula is C19H16BrF4N3O2. The van der Waals surface area contributed by atoms with Gasteiger partial charge in [0.05, 0.1) is 11.1 Å². The minimum Gasteiger partial charge on any atom is -0.336 e. The van der Waals surface area contributed by atoms with Crippen LogP contribution in [-0.4, -0.2) is 42.9 Å². The van der Waals surface area contributed by atoms with Crippen LogP contribution in [0.1, 0.15) is 26.3 Å². The summed E-state index contributed by atoms with van der Waals surface area (Å²) < 4.78 is 54.3. The number of nitrogens with zero attached hydrogens (tertiary/aromatic N) is 1. The van der Waals surface area contributed by atoms with Crippen molar-refractivity contribution in [2.75, 3.05) is 31.5 Å². The molecule has 2 aromatic rings. The molecule has 1 aliphatic heterocycles. The fraction of sp³-hybridized carbons (Fsp3) is 0.263. The van der Waals surface area contributed by atoms with E-state index in [0.29, 0.717) is 36.7 Å². The van der Waals surface area contributed by atoms with E-state index in [-0.39, 0.29) is 16.8 Å². The second-order valence-corrected chi connectivity index (χ2v) is 7.33. The Kier molecular flexibility index (Phi) is 6.23. The maximum atomic E-state index is 14.0. The van der Waals surface area contributed by atoms with Gasteiger partial charge in [0.25, 0.3) is 11.8 Å². The zero-order valence-corrected chi connectivity index (χ0v) is 16.5. The molecule has 1 fully saturated rings. The zero-order valence-electron chi connectivity index (χ0n) is 14.9. The molecule has 0 aliphatic carbocycles. The van der Waals surface area contributed by atoms with Crippen LogP contribution < -0.4 is 10.6 Å². The fourth-order valence-corrected chi connectivity index (χ4v) is 3.24. The number of benzene rings is 2. The molecule has 29 heavy (non-hydrogen) atoms. The van der Waals surface area contributed by atoms with Crippen LogP contribution in [-0.2, 0) is 6.18 Å². The minimum atomic E-state index is -4.72. The molecular weight excluding hydrogens is 458 g/mol. The van der Waals surface area contributed by atoms with Gasteiger partial charge < -0.3 is 15.5 Å². The van der Waals surface area contributed by atoms with Gasteiger partial charge in [0.2, 0.25) is 0 Å². The molecule has 1 saturated heterocycles. The molecule has 1 heterocycles. The minimum absolute atomic E-state index is 0.201. The molecule has 2 N–H and O–H groups in total. The number of hydrogen-bond acceptors (Lipinski definition) is 3. The molecule has 0 unspecified atom stereocenters. The lowest BCUT2D eigenvalue weighted by Gasteiger charge is -2.27. The van der Waals surface area contributed by atoms with Gasteiger partial charge in [-0.05, 0) is 36.4 Å². The molecule has 1 aliphatic rings. The predicted octanol–water partition coefficient (Wildman–Crippen LogP) is 3.90. The maximum Gasteiger partial charge on any atom is 0.416 e. The number of carbonyl (C=O) groups is 2. The first-order chi connectivity index (χ1) is 13.6. The van der Waals surface area contributed by atoms with Crippen LogP contribution >= 0.6 is 15.9 Å². The Morgan fingerprint density at radius 1 is 1.07 bits per heavy atom. The van der Waals surface area contributed by atoms with Crippen molar-refractivity contribution in [2.24, 2.45) is 0 Å². The second-order valence-electron chi connectivity index (χ2n) is 6.42. The highest BCUT2D eigenvalue weighted by Crippen LogP contribution is 2.32. The Morgan fingerprint density at radius 2 is 1.76 bits per heavy atom. The number of nitrogens with one attached hydrogen (secondary N) is 2. The van der Waals surface area contributed by atoms with E-state index in [2.05, 4.69) is 26.6 Å². The molecule has 2 aromatic carbocycles. The highest BCUT2D eigenvalue weighted by molar-refractivity contribution is 9.10. The number of piperazine rings is 1. The smallest absolute Gasteiger partial charge is 0.336 e. The van der Waals surface area contributed by atoms with Crippen LogP contribution in [0.25, 0.3) is 0 Å². The lowest BCUT2D eigenvalue weighted by molar-refractivity contribution is -0.137. The average molecular weight is 474 g/mol. The Balaban J connectivity index is 1.93. The van der Waals surface area contributed by atoms with E-state index in [1.165, 1.54) is 17.0 Å². The molecule has 0 radical (unpaired) electrons. The lowest BCUT2D eigenvalue weighted by atomic mass is 10.1. The van der Waals surface area contributed by atoms with Gasteiger partial charge in [-0.15, -0.1) is 0 Å². The van der Waals surface area contributed by atoms with Gasteiger partial charge in [0.15, 0.2) is 0 Å². The molecule has 154 valence electrons. The molecule has 0 atom stereocenters. The van der Waals surface area contributed by atoms with Crippen molar-refractivity contribution in [3.8, 4) is 0 Å². The van der Waals surface area contributed by atoms with Gasteiger partial charge in [-0.25, -0.2) is 4.39 Å². The summed E-state index contributed by atoms with van der Waals surface area (Å²) in [6.07, 6.45) is -4.72. The van der Waals surface area contributed by atoms with Crippen LogP contribution in [0.2, 0.25) is 0 Å². The molecule has 5 nitrogen and oxygen atoms in total. The van der Waals surface area contributed by atoms with E-state index in [1.54, 1.807) is 0 Å². The number of carbonyl (C=O) groups excluding carboxylic acids is 2. The largest absolute Gasteiger partial charge is 0.416 e. The normalized spacial score (nSPS) is 14.6. The summed E-state index contributed by atoms with van der Waals surface area (Å²) in [5, 5.41) is 5.30. The van der Waals surface area contributed by atoms with Crippen molar-refractivity contribution in [2.45, 2.75) is 6.18 Å². The Hall–Kier alpha value is -2.46. The van der Waals surface area contributed by atoms with Crippen molar-refractivity contribution in [3.05, 3.63) is 63.4 Å². The fourth-order valence-electron chi connectivity index (χ4n) is 2.91. The molecule has 3 rings (SSSR count). The van der Waals surface area contributed by atoms with Crippen LogP contribution in [0, 0.1) is 5.82 Å². The maximum absolute atomic E-state index is 14.0. The standard InChI is InChI=1S/C19H16BrF4N3O2/c20-13-1-2-15(16(21)10-13)17(28)26-14-8-11(7-12(9-14)19(22,23)24)18(29)27-5-3-25-4-6-27/h1-2,7-10,25H,3-6H2,(H,26,28). The number of hydrogen-bond donors (Lipinski definition) is 2. The lowest BCUT2D eigenvalue weighted by Crippen LogP contribution is -2.46. The van der Waals surface area contributed by atoms with E-state index in [9.17, 15) is 27.2 Å². The summed E-state index contributed by atoms with van der Waals surface area (Å²) in [6, 6.07) is 6.33. The number of alkyl halides is 3. The van der Waals surface area contributed by atoms with Gasteiger partial charge in [-0.2, -0.15) is 13.2 Å². The third-order valence-corrected chi connectivity index (χ3v) is 4.84. The number of amides is 2. The van der Waals surface area contributed by atoms with Crippen LogP contribution in [0.5, 0.6) is 0 Å². The summed E-state index contributed by atoms with van der Waals surface area (Å²) in [4.78, 5) is 26.4. The zero-order chi connectivity index (χ0) is 21.2. The van der Waals surface area contributed by atoms with Crippen molar-refractivity contribution in [3.63, 3.8) is 0 Å². The molecule has 0 saturated carbocycles. The van der Waals surface area contributed by atoms with E-state index in [1.807, 2.05) is 0 Å². The molecule has 0 spiro atoms. The predicted molar refractivity (Wildman–Crippen MR) is 102 cm³/mol. The van der Waals surface area contributed by atoms with Crippen molar-refractivity contribution < 1.29 is 27.2 Å². The van der Waals surface area contributed by atoms with E-state index >= 15 is 0 Å². The Bertz CT molecular complexity index is 944. The number of rotatable bonds is 3. The molecule has 2 amide bonds. The first kappa shape index (κ1) is 21.3. The van der Waals surface area contributed by atoms with Gasteiger partial charge in [-0.3, -0.25) is 9.59 Å². The Morgan fingerprint density at radius 3 is 2.38 bits per heavy atom. The highest BCUT2D eigenvalue weighted by atomic mass is 79.9. The Labute approximate surface area is 172 Å². The molecule has 0 bridgehead atoms.